The fourth-order valence-electron chi connectivity index (χ4n) is 2.94. The first-order chi connectivity index (χ1) is 14.5. The van der Waals surface area contributed by atoms with Crippen LogP contribution in [0.5, 0.6) is 5.75 Å². The molecule has 0 amide bonds. The second-order valence-electron chi connectivity index (χ2n) is 7.41. The number of nitrogens with one attached hydrogen (secondary N) is 1. The molecule has 0 aliphatic carbocycles. The van der Waals surface area contributed by atoms with Crippen molar-refractivity contribution in [3.8, 4) is 5.75 Å². The zero-order valence-corrected chi connectivity index (χ0v) is 18.2. The molecule has 30 heavy (non-hydrogen) atoms. The highest BCUT2D eigenvalue weighted by Gasteiger charge is 2.03. The summed E-state index contributed by atoms with van der Waals surface area (Å²) in [6.07, 6.45) is 2.14. The maximum Gasteiger partial charge on any atom is 0.125 e. The lowest BCUT2D eigenvalue weighted by Gasteiger charge is -2.10. The average Bonchev–Trinajstić information content (AvgIpc) is 2.75. The SMILES string of the molecule is CCCC(C)N=C(N)c1cccc(NCc2ccc(O)cc2)c1.Cc1ccccc1. The summed E-state index contributed by atoms with van der Waals surface area (Å²) in [7, 11) is 0. The average molecular weight is 404 g/mol. The Bertz CT molecular complexity index is 905. The predicted octanol–water partition coefficient (Wildman–Crippen LogP) is 5.89. The van der Waals surface area contributed by atoms with Gasteiger partial charge in [0.2, 0.25) is 0 Å². The maximum absolute atomic E-state index is 9.30. The molecule has 4 heteroatoms. The Kier molecular flexibility index (Phi) is 9.46. The largest absolute Gasteiger partial charge is 0.508 e. The molecule has 3 rings (SSSR count). The van der Waals surface area contributed by atoms with Crippen molar-refractivity contribution in [3.63, 3.8) is 0 Å². The lowest BCUT2D eigenvalue weighted by atomic mass is 10.1. The molecule has 4 nitrogen and oxygen atoms in total. The normalized spacial score (nSPS) is 11.9. The molecule has 0 fully saturated rings. The van der Waals surface area contributed by atoms with Gasteiger partial charge in [-0.05, 0) is 50.1 Å². The number of phenols is 1. The Morgan fingerprint density at radius 3 is 2.30 bits per heavy atom. The highest BCUT2D eigenvalue weighted by Crippen LogP contribution is 2.15. The standard InChI is InChI=1S/C19H25N3O.C7H8/c1-3-5-14(2)22-19(20)16-6-4-7-17(12-16)21-13-15-8-10-18(23)11-9-15;1-7-5-3-2-4-6-7/h4,6-12,14,21,23H,3,5,13H2,1-2H3,(H2,20,22);2-6H,1H3. The summed E-state index contributed by atoms with van der Waals surface area (Å²) in [4.78, 5) is 4.54. The summed E-state index contributed by atoms with van der Waals surface area (Å²) in [5.41, 5.74) is 10.5. The Balaban J connectivity index is 0.000000386. The van der Waals surface area contributed by atoms with Gasteiger partial charge in [-0.1, -0.05) is 73.5 Å². The Morgan fingerprint density at radius 1 is 1.00 bits per heavy atom. The number of rotatable bonds is 7. The number of aryl methyl sites for hydroxylation is 1. The number of aliphatic imine (C=N–C) groups is 1. The number of hydrogen-bond acceptors (Lipinski definition) is 3. The van der Waals surface area contributed by atoms with E-state index in [2.05, 4.69) is 43.2 Å². The van der Waals surface area contributed by atoms with Gasteiger partial charge in [0.25, 0.3) is 0 Å². The third kappa shape index (κ3) is 8.39. The molecule has 158 valence electrons. The second kappa shape index (κ2) is 12.3. The van der Waals surface area contributed by atoms with Crippen LogP contribution in [0.15, 0.2) is 83.9 Å². The van der Waals surface area contributed by atoms with Crippen LogP contribution in [0.4, 0.5) is 5.69 Å². The quantitative estimate of drug-likeness (QED) is 0.340. The molecule has 3 aromatic rings. The van der Waals surface area contributed by atoms with Gasteiger partial charge in [-0.3, -0.25) is 4.99 Å². The van der Waals surface area contributed by atoms with Crippen LogP contribution in [-0.2, 0) is 6.54 Å². The fraction of sp³-hybridized carbons (Fsp3) is 0.269. The third-order valence-electron chi connectivity index (χ3n) is 4.60. The Hall–Kier alpha value is -3.27. The number of amidine groups is 1. The first kappa shape index (κ1) is 23.0. The first-order valence-corrected chi connectivity index (χ1v) is 10.4. The third-order valence-corrected chi connectivity index (χ3v) is 4.60. The predicted molar refractivity (Wildman–Crippen MR) is 128 cm³/mol. The van der Waals surface area contributed by atoms with Crippen molar-refractivity contribution in [2.24, 2.45) is 10.7 Å². The van der Waals surface area contributed by atoms with Crippen molar-refractivity contribution in [3.05, 3.63) is 95.6 Å². The van der Waals surface area contributed by atoms with Gasteiger partial charge >= 0.3 is 0 Å². The first-order valence-electron chi connectivity index (χ1n) is 10.4. The van der Waals surface area contributed by atoms with E-state index in [4.69, 9.17) is 5.73 Å². The number of nitrogens with zero attached hydrogens (tertiary/aromatic N) is 1. The highest BCUT2D eigenvalue weighted by molar-refractivity contribution is 5.98. The smallest absolute Gasteiger partial charge is 0.125 e. The van der Waals surface area contributed by atoms with E-state index < -0.39 is 0 Å². The molecular weight excluding hydrogens is 370 g/mol. The second-order valence-corrected chi connectivity index (χ2v) is 7.41. The van der Waals surface area contributed by atoms with E-state index in [-0.39, 0.29) is 11.8 Å². The van der Waals surface area contributed by atoms with Gasteiger partial charge in [0, 0.05) is 23.8 Å². The van der Waals surface area contributed by atoms with Crippen LogP contribution in [0.1, 0.15) is 43.4 Å². The number of benzene rings is 3. The molecule has 1 atom stereocenters. The minimum absolute atomic E-state index is 0.244. The fourth-order valence-corrected chi connectivity index (χ4v) is 2.94. The molecular formula is C26H33N3O. The molecule has 4 N–H and O–H groups in total. The van der Waals surface area contributed by atoms with Crippen molar-refractivity contribution < 1.29 is 5.11 Å². The van der Waals surface area contributed by atoms with Gasteiger partial charge in [0.1, 0.15) is 11.6 Å². The van der Waals surface area contributed by atoms with Gasteiger partial charge in [-0.2, -0.15) is 0 Å². The van der Waals surface area contributed by atoms with E-state index in [9.17, 15) is 5.11 Å². The van der Waals surface area contributed by atoms with Gasteiger partial charge in [-0.25, -0.2) is 0 Å². The number of hydrogen-bond donors (Lipinski definition) is 3. The molecule has 0 heterocycles. The maximum atomic E-state index is 9.30. The van der Waals surface area contributed by atoms with E-state index >= 15 is 0 Å². The topological polar surface area (TPSA) is 70.6 Å². The monoisotopic (exact) mass is 403 g/mol. The van der Waals surface area contributed by atoms with Crippen LogP contribution in [0.2, 0.25) is 0 Å². The molecule has 0 radical (unpaired) electrons. The minimum atomic E-state index is 0.244. The summed E-state index contributed by atoms with van der Waals surface area (Å²) in [6.45, 7) is 7.01. The highest BCUT2D eigenvalue weighted by atomic mass is 16.3. The Morgan fingerprint density at radius 2 is 1.70 bits per heavy atom. The van der Waals surface area contributed by atoms with Crippen molar-refractivity contribution in [2.75, 3.05) is 5.32 Å². The molecule has 0 saturated heterocycles. The zero-order valence-electron chi connectivity index (χ0n) is 18.2. The molecule has 0 saturated carbocycles. The molecule has 3 aromatic carbocycles. The van der Waals surface area contributed by atoms with Crippen LogP contribution >= 0.6 is 0 Å². The van der Waals surface area contributed by atoms with E-state index in [0.29, 0.717) is 12.4 Å². The molecule has 1 unspecified atom stereocenters. The summed E-state index contributed by atoms with van der Waals surface area (Å²) < 4.78 is 0. The summed E-state index contributed by atoms with van der Waals surface area (Å²) >= 11 is 0. The van der Waals surface area contributed by atoms with Crippen LogP contribution in [-0.4, -0.2) is 17.0 Å². The molecule has 0 bridgehead atoms. The van der Waals surface area contributed by atoms with Crippen LogP contribution in [0, 0.1) is 6.92 Å². The van der Waals surface area contributed by atoms with Gasteiger partial charge in [0.05, 0.1) is 0 Å². The van der Waals surface area contributed by atoms with Crippen LogP contribution < -0.4 is 11.1 Å². The van der Waals surface area contributed by atoms with Crippen molar-refractivity contribution in [1.82, 2.24) is 0 Å². The van der Waals surface area contributed by atoms with Crippen molar-refractivity contribution in [1.29, 1.82) is 0 Å². The van der Waals surface area contributed by atoms with E-state index in [1.807, 2.05) is 54.6 Å². The molecule has 0 aliphatic rings. The van der Waals surface area contributed by atoms with Crippen LogP contribution in [0.3, 0.4) is 0 Å². The van der Waals surface area contributed by atoms with E-state index in [1.54, 1.807) is 12.1 Å². The summed E-state index contributed by atoms with van der Waals surface area (Å²) in [6, 6.07) is 25.6. The minimum Gasteiger partial charge on any atom is -0.508 e. The Labute approximate surface area is 180 Å². The van der Waals surface area contributed by atoms with Gasteiger partial charge in [0.15, 0.2) is 0 Å². The molecule has 0 aliphatic heterocycles. The van der Waals surface area contributed by atoms with Gasteiger partial charge in [-0.15, -0.1) is 0 Å². The number of anilines is 1. The summed E-state index contributed by atoms with van der Waals surface area (Å²) in [5, 5.41) is 12.7. The summed E-state index contributed by atoms with van der Waals surface area (Å²) in [5.74, 6) is 0.861. The zero-order chi connectivity index (χ0) is 21.8. The molecule has 0 aromatic heterocycles. The lowest BCUT2D eigenvalue weighted by molar-refractivity contribution is 0.475. The van der Waals surface area contributed by atoms with Crippen molar-refractivity contribution >= 4 is 11.5 Å². The van der Waals surface area contributed by atoms with E-state index in [0.717, 1.165) is 29.7 Å². The number of aromatic hydroxyl groups is 1. The number of nitrogens with two attached hydrogens (primary N) is 1. The van der Waals surface area contributed by atoms with Crippen LogP contribution in [0.25, 0.3) is 0 Å². The lowest BCUT2D eigenvalue weighted by Crippen LogP contribution is -2.17. The molecule has 0 spiro atoms. The van der Waals surface area contributed by atoms with Crippen molar-refractivity contribution in [2.45, 2.75) is 46.2 Å². The van der Waals surface area contributed by atoms with E-state index in [1.165, 1.54) is 5.56 Å². The number of phenolic OH excluding ortho intramolecular Hbond substituents is 1. The van der Waals surface area contributed by atoms with Gasteiger partial charge < -0.3 is 16.2 Å².